The van der Waals surface area contributed by atoms with E-state index in [2.05, 4.69) is 15.2 Å². The summed E-state index contributed by atoms with van der Waals surface area (Å²) in [6.45, 7) is 1.89. The van der Waals surface area contributed by atoms with E-state index in [0.717, 1.165) is 17.8 Å². The Bertz CT molecular complexity index is 1480. The highest BCUT2D eigenvalue weighted by atomic mass is 32.1. The van der Waals surface area contributed by atoms with Gasteiger partial charge in [-0.1, -0.05) is 30.3 Å². The Morgan fingerprint density at radius 3 is 2.74 bits per heavy atom. The molecule has 1 saturated carbocycles. The summed E-state index contributed by atoms with van der Waals surface area (Å²) in [7, 11) is 3.42. The molecule has 254 valence electrons. The van der Waals surface area contributed by atoms with Crippen molar-refractivity contribution in [3.05, 3.63) is 65.0 Å². The molecular formula is C33H40F3N5O5S. The average Bonchev–Trinajstić information content (AvgIpc) is 3.62. The van der Waals surface area contributed by atoms with Crippen LogP contribution >= 0.6 is 12.2 Å². The van der Waals surface area contributed by atoms with Crippen molar-refractivity contribution in [2.75, 3.05) is 47.0 Å². The van der Waals surface area contributed by atoms with Crippen molar-refractivity contribution >= 4 is 29.3 Å². The van der Waals surface area contributed by atoms with Gasteiger partial charge in [0, 0.05) is 71.3 Å². The lowest BCUT2D eigenvalue weighted by Gasteiger charge is -2.44. The number of hydrogen-bond donors (Lipinski definition) is 1. The molecule has 10 nitrogen and oxygen atoms in total. The fourth-order valence-corrected chi connectivity index (χ4v) is 8.14. The molecule has 47 heavy (non-hydrogen) atoms. The Hall–Kier alpha value is -3.49. The van der Waals surface area contributed by atoms with E-state index in [-0.39, 0.29) is 49.7 Å². The molecule has 4 aliphatic rings. The van der Waals surface area contributed by atoms with E-state index >= 15 is 0 Å². The molecule has 2 amide bonds. The molecule has 0 radical (unpaired) electrons. The quantitative estimate of drug-likeness (QED) is 0.456. The summed E-state index contributed by atoms with van der Waals surface area (Å²) in [5.41, 5.74) is -0.00426. The number of hydrogen-bond acceptors (Lipinski definition) is 7. The summed E-state index contributed by atoms with van der Waals surface area (Å²) >= 11 is 5.83. The molecule has 0 bridgehead atoms. The van der Waals surface area contributed by atoms with Gasteiger partial charge in [-0.25, -0.2) is 4.79 Å². The summed E-state index contributed by atoms with van der Waals surface area (Å²) in [5.74, 6) is -0.384. The van der Waals surface area contributed by atoms with Gasteiger partial charge >= 0.3 is 12.3 Å². The number of likely N-dealkylation sites (tertiary alicyclic amines) is 1. The monoisotopic (exact) mass is 675 g/mol. The van der Waals surface area contributed by atoms with Crippen LogP contribution in [0.5, 0.6) is 0 Å². The number of thiocarbonyl (C=S) groups is 1. The van der Waals surface area contributed by atoms with E-state index in [4.69, 9.17) is 26.4 Å². The molecular weight excluding hydrogens is 635 g/mol. The van der Waals surface area contributed by atoms with Gasteiger partial charge in [0.25, 0.3) is 0 Å². The van der Waals surface area contributed by atoms with Gasteiger partial charge in [0.15, 0.2) is 5.11 Å². The number of carbonyl (C=O) groups is 2. The van der Waals surface area contributed by atoms with E-state index in [1.54, 1.807) is 24.0 Å². The van der Waals surface area contributed by atoms with Gasteiger partial charge in [-0.15, -0.1) is 0 Å². The fourth-order valence-electron chi connectivity index (χ4n) is 7.86. The lowest BCUT2D eigenvalue weighted by molar-refractivity contribution is -0.144. The van der Waals surface area contributed by atoms with E-state index < -0.39 is 23.2 Å². The topological polar surface area (TPSA) is 96.5 Å². The van der Waals surface area contributed by atoms with Crippen molar-refractivity contribution in [3.63, 3.8) is 0 Å². The molecule has 3 aliphatic heterocycles. The van der Waals surface area contributed by atoms with Gasteiger partial charge in [-0.3, -0.25) is 9.78 Å². The first kappa shape index (κ1) is 33.4. The molecule has 0 spiro atoms. The Kier molecular flexibility index (Phi) is 9.64. The molecule has 1 aromatic carbocycles. The van der Waals surface area contributed by atoms with E-state index in [0.29, 0.717) is 68.4 Å². The Morgan fingerprint density at radius 1 is 1.23 bits per heavy atom. The number of nitrogens with one attached hydrogen (secondary N) is 1. The van der Waals surface area contributed by atoms with Crippen molar-refractivity contribution in [2.24, 2.45) is 11.3 Å². The van der Waals surface area contributed by atoms with Crippen molar-refractivity contribution < 1.29 is 37.0 Å². The predicted octanol–water partition coefficient (Wildman–Crippen LogP) is 4.01. The van der Waals surface area contributed by atoms with Gasteiger partial charge in [0.05, 0.1) is 23.6 Å². The molecule has 5 unspecified atom stereocenters. The van der Waals surface area contributed by atoms with Crippen LogP contribution in [0, 0.1) is 11.3 Å². The SMILES string of the molecule is CNC(=S)N(C1CC2CN(C(=O)OCc3ccccc3)CC2(C(=O)N2CCc3ncc(C(F)(F)F)cc3C2)C1)C1CCOCC1OC. The number of aromatic nitrogens is 1. The van der Waals surface area contributed by atoms with Crippen LogP contribution in [0.25, 0.3) is 0 Å². The van der Waals surface area contributed by atoms with Crippen LogP contribution in [0.4, 0.5) is 18.0 Å². The molecule has 3 fully saturated rings. The molecule has 6 rings (SSSR count). The zero-order valence-corrected chi connectivity index (χ0v) is 27.3. The normalized spacial score (nSPS) is 27.2. The average molecular weight is 676 g/mol. The number of methoxy groups -OCH3 is 1. The van der Waals surface area contributed by atoms with Crippen LogP contribution in [0.3, 0.4) is 0 Å². The molecule has 2 aromatic rings. The van der Waals surface area contributed by atoms with Gasteiger partial charge in [0.1, 0.15) is 12.7 Å². The first-order valence-corrected chi connectivity index (χ1v) is 16.4. The number of carbonyl (C=O) groups excluding carboxylic acids is 2. The highest BCUT2D eigenvalue weighted by Gasteiger charge is 2.61. The largest absolute Gasteiger partial charge is 0.445 e. The van der Waals surface area contributed by atoms with Crippen LogP contribution < -0.4 is 5.32 Å². The minimum atomic E-state index is -4.54. The van der Waals surface area contributed by atoms with Crippen LogP contribution in [0.2, 0.25) is 0 Å². The van der Waals surface area contributed by atoms with Crippen LogP contribution in [0.1, 0.15) is 41.6 Å². The maximum Gasteiger partial charge on any atom is 0.417 e. The number of ether oxygens (including phenoxy) is 3. The number of fused-ring (bicyclic) bond motifs is 2. The predicted molar refractivity (Wildman–Crippen MR) is 169 cm³/mol. The molecule has 5 atom stereocenters. The Balaban J connectivity index is 1.28. The third-order valence-electron chi connectivity index (χ3n) is 10.2. The first-order chi connectivity index (χ1) is 22.5. The standard InChI is InChI=1S/C33H40F3N5O5S/c1-37-30(47)41(27-9-11-45-19-28(27)44-2)25-13-24-17-40(31(43)46-18-21-6-4-3-5-7-21)20-32(24,14-25)29(42)39-10-8-26-22(16-39)12-23(15-38-26)33(34,35)36/h3-7,12,15,24-25,27-28H,8-11,13-14,16-20H2,1-2H3,(H,37,47). The summed E-state index contributed by atoms with van der Waals surface area (Å²) < 4.78 is 57.8. The van der Waals surface area contributed by atoms with Crippen LogP contribution in [0.15, 0.2) is 42.6 Å². The molecule has 1 aromatic heterocycles. The lowest BCUT2D eigenvalue weighted by Crippen LogP contribution is -2.58. The van der Waals surface area contributed by atoms with Gasteiger partial charge in [-0.2, -0.15) is 13.2 Å². The van der Waals surface area contributed by atoms with E-state index in [1.807, 2.05) is 30.3 Å². The number of amides is 2. The van der Waals surface area contributed by atoms with Crippen LogP contribution in [-0.4, -0.2) is 102 Å². The third kappa shape index (κ3) is 6.64. The maximum absolute atomic E-state index is 14.7. The fraction of sp³-hybridized carbons (Fsp3) is 0.576. The highest BCUT2D eigenvalue weighted by molar-refractivity contribution is 7.80. The summed E-state index contributed by atoms with van der Waals surface area (Å²) in [4.78, 5) is 37.6. The van der Waals surface area contributed by atoms with E-state index in [9.17, 15) is 22.8 Å². The second-order valence-corrected chi connectivity index (χ2v) is 13.2. The number of pyridine rings is 1. The van der Waals surface area contributed by atoms with Crippen molar-refractivity contribution in [1.29, 1.82) is 0 Å². The second kappa shape index (κ2) is 13.6. The lowest BCUT2D eigenvalue weighted by atomic mass is 9.78. The van der Waals surface area contributed by atoms with Crippen molar-refractivity contribution in [2.45, 2.75) is 63.2 Å². The van der Waals surface area contributed by atoms with Crippen LogP contribution in [-0.2, 0) is 44.8 Å². The first-order valence-electron chi connectivity index (χ1n) is 15.9. The molecule has 2 saturated heterocycles. The second-order valence-electron chi connectivity index (χ2n) is 12.8. The smallest absolute Gasteiger partial charge is 0.417 e. The minimum absolute atomic E-state index is 0.0209. The molecule has 4 heterocycles. The number of rotatable bonds is 6. The zero-order chi connectivity index (χ0) is 33.3. The number of nitrogens with zero attached hydrogens (tertiary/aromatic N) is 4. The van der Waals surface area contributed by atoms with Crippen molar-refractivity contribution in [1.82, 2.24) is 25.0 Å². The summed E-state index contributed by atoms with van der Waals surface area (Å²) in [5, 5.41) is 3.67. The summed E-state index contributed by atoms with van der Waals surface area (Å²) in [6, 6.07) is 10.3. The number of halogens is 3. The van der Waals surface area contributed by atoms with Crippen molar-refractivity contribution in [3.8, 4) is 0 Å². The van der Waals surface area contributed by atoms with Gasteiger partial charge in [0.2, 0.25) is 5.91 Å². The summed E-state index contributed by atoms with van der Waals surface area (Å²) in [6.07, 6.45) is -2.36. The van der Waals surface area contributed by atoms with Gasteiger partial charge < -0.3 is 34.2 Å². The Morgan fingerprint density at radius 2 is 2.02 bits per heavy atom. The molecule has 14 heteroatoms. The zero-order valence-electron chi connectivity index (χ0n) is 26.5. The molecule has 1 N–H and O–H groups in total. The number of alkyl halides is 3. The maximum atomic E-state index is 14.7. The van der Waals surface area contributed by atoms with Gasteiger partial charge in [-0.05, 0) is 54.6 Å². The number of benzene rings is 1. The highest BCUT2D eigenvalue weighted by Crippen LogP contribution is 2.52. The van der Waals surface area contributed by atoms with E-state index in [1.165, 1.54) is 0 Å². The third-order valence-corrected chi connectivity index (χ3v) is 10.6. The minimum Gasteiger partial charge on any atom is -0.445 e. The Labute approximate surface area is 277 Å². The molecule has 1 aliphatic carbocycles.